The Morgan fingerprint density at radius 3 is 3.00 bits per heavy atom. The van der Waals surface area contributed by atoms with Gasteiger partial charge in [0.25, 0.3) is 0 Å². The van der Waals surface area contributed by atoms with Crippen molar-refractivity contribution in [3.63, 3.8) is 0 Å². The van der Waals surface area contributed by atoms with Crippen LogP contribution in [0.2, 0.25) is 0 Å². The number of nitrogens with one attached hydrogen (secondary N) is 1. The lowest BCUT2D eigenvalue weighted by Gasteiger charge is -1.97. The molecule has 0 aliphatic heterocycles. The number of pyridine rings is 1. The summed E-state index contributed by atoms with van der Waals surface area (Å²) in [5.41, 5.74) is 1.77. The van der Waals surface area contributed by atoms with Crippen molar-refractivity contribution in [1.82, 2.24) is 20.5 Å². The Bertz CT molecular complexity index is 452. The van der Waals surface area contributed by atoms with E-state index in [1.54, 1.807) is 6.20 Å². The fourth-order valence-corrected chi connectivity index (χ4v) is 1.30. The lowest BCUT2D eigenvalue weighted by Crippen LogP contribution is -2.04. The second-order valence-electron chi connectivity index (χ2n) is 3.17. The number of nitrogens with zero attached hydrogens (tertiary/aromatic N) is 3. The summed E-state index contributed by atoms with van der Waals surface area (Å²) in [5.74, 6) is 1.10. The van der Waals surface area contributed by atoms with Crippen molar-refractivity contribution in [2.45, 2.75) is 13.5 Å². The normalized spacial score (nSPS) is 10.5. The van der Waals surface area contributed by atoms with Crippen molar-refractivity contribution < 1.29 is 4.42 Å². The molecule has 5 heteroatoms. The van der Waals surface area contributed by atoms with Crippen molar-refractivity contribution >= 4 is 0 Å². The van der Waals surface area contributed by atoms with Gasteiger partial charge in [0.1, 0.15) is 0 Å². The lowest BCUT2D eigenvalue weighted by atomic mass is 10.2. The minimum atomic E-state index is 0.519. The first kappa shape index (κ1) is 9.79. The average Bonchev–Trinajstić information content (AvgIpc) is 2.68. The van der Waals surface area contributed by atoms with E-state index in [2.05, 4.69) is 20.5 Å². The highest BCUT2D eigenvalue weighted by Crippen LogP contribution is 2.19. The first-order valence-electron chi connectivity index (χ1n) is 4.70. The van der Waals surface area contributed by atoms with Gasteiger partial charge in [-0.1, -0.05) is 0 Å². The summed E-state index contributed by atoms with van der Waals surface area (Å²) in [7, 11) is 1.83. The van der Waals surface area contributed by atoms with Crippen LogP contribution in [0.3, 0.4) is 0 Å². The molecule has 0 aliphatic carbocycles. The lowest BCUT2D eigenvalue weighted by molar-refractivity contribution is 0.490. The van der Waals surface area contributed by atoms with Crippen LogP contribution in [0.5, 0.6) is 0 Å². The SMILES string of the molecule is CNCc1nnc(-c2cccnc2C)o1. The number of hydrogen-bond acceptors (Lipinski definition) is 5. The summed E-state index contributed by atoms with van der Waals surface area (Å²) in [6.45, 7) is 2.49. The van der Waals surface area contributed by atoms with Crippen LogP contribution in [-0.2, 0) is 6.54 Å². The first-order chi connectivity index (χ1) is 7.31. The number of aryl methyl sites for hydroxylation is 1. The quantitative estimate of drug-likeness (QED) is 0.812. The van der Waals surface area contributed by atoms with Gasteiger partial charge in [0.05, 0.1) is 12.1 Å². The molecule has 0 atom stereocenters. The third-order valence-corrected chi connectivity index (χ3v) is 2.03. The highest BCUT2D eigenvalue weighted by molar-refractivity contribution is 5.54. The Kier molecular flexibility index (Phi) is 2.73. The van der Waals surface area contributed by atoms with Crippen molar-refractivity contribution in [2.24, 2.45) is 0 Å². The summed E-state index contributed by atoms with van der Waals surface area (Å²) in [5, 5.41) is 10.8. The van der Waals surface area contributed by atoms with E-state index in [1.807, 2.05) is 26.1 Å². The topological polar surface area (TPSA) is 63.8 Å². The predicted molar refractivity (Wildman–Crippen MR) is 55.0 cm³/mol. The van der Waals surface area contributed by atoms with E-state index < -0.39 is 0 Å². The smallest absolute Gasteiger partial charge is 0.249 e. The van der Waals surface area contributed by atoms with E-state index in [9.17, 15) is 0 Å². The van der Waals surface area contributed by atoms with Crippen molar-refractivity contribution in [3.05, 3.63) is 29.9 Å². The van der Waals surface area contributed by atoms with Crippen LogP contribution in [0.4, 0.5) is 0 Å². The predicted octanol–water partition coefficient (Wildman–Crippen LogP) is 1.16. The van der Waals surface area contributed by atoms with E-state index in [4.69, 9.17) is 4.42 Å². The molecule has 0 amide bonds. The van der Waals surface area contributed by atoms with E-state index in [1.165, 1.54) is 0 Å². The largest absolute Gasteiger partial charge is 0.419 e. The fourth-order valence-electron chi connectivity index (χ4n) is 1.30. The van der Waals surface area contributed by atoms with Gasteiger partial charge in [-0.3, -0.25) is 4.98 Å². The Balaban J connectivity index is 2.33. The average molecular weight is 204 g/mol. The number of rotatable bonds is 3. The van der Waals surface area contributed by atoms with Crippen molar-refractivity contribution in [3.8, 4) is 11.5 Å². The summed E-state index contributed by atoms with van der Waals surface area (Å²) >= 11 is 0. The van der Waals surface area contributed by atoms with Crippen LogP contribution in [0.25, 0.3) is 11.5 Å². The van der Waals surface area contributed by atoms with Gasteiger partial charge < -0.3 is 9.73 Å². The standard InChI is InChI=1S/C10H12N4O/c1-7-8(4-3-5-12-7)10-14-13-9(15-10)6-11-2/h3-5,11H,6H2,1-2H3. The second kappa shape index (κ2) is 4.18. The molecule has 0 saturated heterocycles. The highest BCUT2D eigenvalue weighted by atomic mass is 16.4. The third kappa shape index (κ3) is 2.02. The molecular formula is C10H12N4O. The van der Waals surface area contributed by atoms with Gasteiger partial charge in [0, 0.05) is 11.9 Å². The summed E-state index contributed by atoms with van der Waals surface area (Å²) in [4.78, 5) is 4.17. The van der Waals surface area contributed by atoms with Gasteiger partial charge in [-0.05, 0) is 26.1 Å². The molecule has 0 bridgehead atoms. The maximum atomic E-state index is 5.47. The van der Waals surface area contributed by atoms with Gasteiger partial charge >= 0.3 is 0 Å². The molecule has 0 unspecified atom stereocenters. The van der Waals surface area contributed by atoms with Gasteiger partial charge in [-0.15, -0.1) is 10.2 Å². The molecule has 0 radical (unpaired) electrons. The van der Waals surface area contributed by atoms with Crippen LogP contribution in [0.15, 0.2) is 22.7 Å². The minimum Gasteiger partial charge on any atom is -0.419 e. The molecule has 2 heterocycles. The Morgan fingerprint density at radius 1 is 1.40 bits per heavy atom. The molecule has 5 nitrogen and oxygen atoms in total. The van der Waals surface area contributed by atoms with Crippen molar-refractivity contribution in [2.75, 3.05) is 7.05 Å². The summed E-state index contributed by atoms with van der Waals surface area (Å²) in [6.07, 6.45) is 1.74. The summed E-state index contributed by atoms with van der Waals surface area (Å²) in [6, 6.07) is 3.77. The van der Waals surface area contributed by atoms with Crippen LogP contribution in [0.1, 0.15) is 11.6 Å². The molecule has 2 rings (SSSR count). The van der Waals surface area contributed by atoms with Gasteiger partial charge in [0.15, 0.2) is 0 Å². The molecule has 0 aliphatic rings. The monoisotopic (exact) mass is 204 g/mol. The van der Waals surface area contributed by atoms with Crippen LogP contribution < -0.4 is 5.32 Å². The minimum absolute atomic E-state index is 0.519. The molecule has 15 heavy (non-hydrogen) atoms. The molecule has 2 aromatic rings. The van der Waals surface area contributed by atoms with E-state index in [0.717, 1.165) is 11.3 Å². The molecule has 1 N–H and O–H groups in total. The Morgan fingerprint density at radius 2 is 2.27 bits per heavy atom. The highest BCUT2D eigenvalue weighted by Gasteiger charge is 2.10. The first-order valence-corrected chi connectivity index (χ1v) is 4.70. The zero-order valence-electron chi connectivity index (χ0n) is 8.69. The second-order valence-corrected chi connectivity index (χ2v) is 3.17. The van der Waals surface area contributed by atoms with Gasteiger partial charge in [-0.25, -0.2) is 0 Å². The molecule has 0 fully saturated rings. The Hall–Kier alpha value is -1.75. The molecule has 78 valence electrons. The van der Waals surface area contributed by atoms with Gasteiger partial charge in [0.2, 0.25) is 11.8 Å². The Labute approximate surface area is 87.6 Å². The van der Waals surface area contributed by atoms with Crippen LogP contribution in [0, 0.1) is 6.92 Å². The zero-order chi connectivity index (χ0) is 10.7. The van der Waals surface area contributed by atoms with Gasteiger partial charge in [-0.2, -0.15) is 0 Å². The zero-order valence-corrected chi connectivity index (χ0v) is 8.69. The van der Waals surface area contributed by atoms with E-state index in [-0.39, 0.29) is 0 Å². The third-order valence-electron chi connectivity index (χ3n) is 2.03. The van der Waals surface area contributed by atoms with E-state index in [0.29, 0.717) is 18.3 Å². The molecular weight excluding hydrogens is 192 g/mol. The molecule has 0 aromatic carbocycles. The van der Waals surface area contributed by atoms with Crippen LogP contribution >= 0.6 is 0 Å². The maximum Gasteiger partial charge on any atom is 0.249 e. The summed E-state index contributed by atoms with van der Waals surface area (Å²) < 4.78 is 5.47. The number of hydrogen-bond donors (Lipinski definition) is 1. The number of aromatic nitrogens is 3. The molecule has 0 spiro atoms. The van der Waals surface area contributed by atoms with Crippen molar-refractivity contribution in [1.29, 1.82) is 0 Å². The molecule has 0 saturated carbocycles. The fraction of sp³-hybridized carbons (Fsp3) is 0.300. The van der Waals surface area contributed by atoms with Crippen LogP contribution in [-0.4, -0.2) is 22.2 Å². The maximum absolute atomic E-state index is 5.47. The molecule has 2 aromatic heterocycles. The van der Waals surface area contributed by atoms with E-state index >= 15 is 0 Å².